The average molecular weight is 134 g/mol. The summed E-state index contributed by atoms with van der Waals surface area (Å²) in [4.78, 5) is 0. The van der Waals surface area contributed by atoms with Crippen molar-refractivity contribution >= 4 is 5.52 Å². The van der Waals surface area contributed by atoms with Crippen molar-refractivity contribution < 1.29 is 0 Å². The first-order valence-corrected chi connectivity index (χ1v) is 2.98. The molecular weight excluding hydrogens is 124 g/mol. The van der Waals surface area contributed by atoms with Crippen molar-refractivity contribution in [3.63, 3.8) is 0 Å². The Hall–Kier alpha value is -1.28. The molecule has 0 radical (unpaired) electrons. The average Bonchev–Trinajstić information content (AvgIpc) is 2.33. The zero-order chi connectivity index (χ0) is 6.10. The molecule has 0 atom stereocenters. The number of fused-ring (bicyclic) bond motifs is 1. The van der Waals surface area contributed by atoms with E-state index in [0.717, 1.165) is 0 Å². The second kappa shape index (κ2) is 2.54. The van der Waals surface area contributed by atoms with Crippen LogP contribution in [0.3, 0.4) is 0 Å². The highest BCUT2D eigenvalue weighted by Gasteiger charge is 1.83. The van der Waals surface area contributed by atoms with Crippen molar-refractivity contribution in [2.24, 2.45) is 0 Å². The zero-order valence-corrected chi connectivity index (χ0v) is 5.70. The molecule has 2 aromatic heterocycles. The van der Waals surface area contributed by atoms with Crippen LogP contribution in [0, 0.1) is 0 Å². The highest BCUT2D eigenvalue weighted by molar-refractivity contribution is 5.46. The lowest BCUT2D eigenvalue weighted by atomic mass is 10.4. The molecule has 0 aliphatic rings. The van der Waals surface area contributed by atoms with Crippen LogP contribution in [-0.2, 0) is 0 Å². The third kappa shape index (κ3) is 0.890. The molecule has 0 unspecified atom stereocenters. The van der Waals surface area contributed by atoms with Gasteiger partial charge < -0.3 is 10.6 Å². The molecule has 2 rings (SSSR count). The molecular formula is C8H10N2. The van der Waals surface area contributed by atoms with E-state index in [1.54, 1.807) is 0 Å². The maximum atomic E-state index is 2.08. The number of aromatic nitrogens is 1. The molecule has 0 bridgehead atoms. The Labute approximate surface area is 59.7 Å². The second-order valence-corrected chi connectivity index (χ2v) is 2.04. The fourth-order valence-electron chi connectivity index (χ4n) is 0.980. The van der Waals surface area contributed by atoms with Crippen molar-refractivity contribution in [2.45, 2.75) is 0 Å². The van der Waals surface area contributed by atoms with Crippen LogP contribution in [0.4, 0.5) is 0 Å². The second-order valence-electron chi connectivity index (χ2n) is 2.04. The van der Waals surface area contributed by atoms with Gasteiger partial charge in [0.25, 0.3) is 0 Å². The molecule has 2 heterocycles. The summed E-state index contributed by atoms with van der Waals surface area (Å²) in [7, 11) is 0. The molecule has 0 spiro atoms. The molecule has 0 saturated carbocycles. The van der Waals surface area contributed by atoms with Crippen molar-refractivity contribution in [3.8, 4) is 0 Å². The Morgan fingerprint density at radius 1 is 0.900 bits per heavy atom. The van der Waals surface area contributed by atoms with Crippen molar-refractivity contribution in [3.05, 3.63) is 42.7 Å². The summed E-state index contributed by atoms with van der Waals surface area (Å²) in [6, 6.07) is 10.3. The largest absolute Gasteiger partial charge is 0.344 e. The number of rotatable bonds is 0. The van der Waals surface area contributed by atoms with Crippen molar-refractivity contribution in [1.29, 1.82) is 0 Å². The van der Waals surface area contributed by atoms with E-state index >= 15 is 0 Å². The van der Waals surface area contributed by atoms with Gasteiger partial charge in [-0.2, -0.15) is 0 Å². The highest BCUT2D eigenvalue weighted by Crippen LogP contribution is 2.01. The minimum Gasteiger partial charge on any atom is -0.344 e. The lowest BCUT2D eigenvalue weighted by molar-refractivity contribution is 1.20. The van der Waals surface area contributed by atoms with Crippen LogP contribution < -0.4 is 6.15 Å². The predicted molar refractivity (Wildman–Crippen MR) is 42.4 cm³/mol. The van der Waals surface area contributed by atoms with Gasteiger partial charge in [0.05, 0.1) is 0 Å². The van der Waals surface area contributed by atoms with Crippen LogP contribution in [0.25, 0.3) is 5.52 Å². The standard InChI is InChI=1S/C8H7N.H3N/c1-2-6-9-7-3-5-8(9)4-1;/h1-7H;1H3. The monoisotopic (exact) mass is 134 g/mol. The first-order valence-electron chi connectivity index (χ1n) is 2.98. The Morgan fingerprint density at radius 2 is 1.60 bits per heavy atom. The smallest absolute Gasteiger partial charge is 0.0449 e. The molecule has 0 aromatic carbocycles. The van der Waals surface area contributed by atoms with Crippen molar-refractivity contribution in [1.82, 2.24) is 10.6 Å². The van der Waals surface area contributed by atoms with Gasteiger partial charge in [0, 0.05) is 17.9 Å². The van der Waals surface area contributed by atoms with Crippen LogP contribution in [0.5, 0.6) is 0 Å². The Morgan fingerprint density at radius 3 is 2.40 bits per heavy atom. The summed E-state index contributed by atoms with van der Waals surface area (Å²) >= 11 is 0. The molecule has 10 heavy (non-hydrogen) atoms. The first kappa shape index (κ1) is 6.83. The van der Waals surface area contributed by atoms with Gasteiger partial charge in [-0.15, -0.1) is 0 Å². The van der Waals surface area contributed by atoms with Gasteiger partial charge in [0.2, 0.25) is 0 Å². The van der Waals surface area contributed by atoms with Crippen LogP contribution in [0.1, 0.15) is 0 Å². The summed E-state index contributed by atoms with van der Waals surface area (Å²) in [5, 5.41) is 0. The van der Waals surface area contributed by atoms with Gasteiger partial charge >= 0.3 is 0 Å². The van der Waals surface area contributed by atoms with Gasteiger partial charge in [0.1, 0.15) is 0 Å². The lowest BCUT2D eigenvalue weighted by Crippen LogP contribution is -1.75. The van der Waals surface area contributed by atoms with E-state index in [9.17, 15) is 0 Å². The Bertz CT molecular complexity index is 281. The molecule has 2 nitrogen and oxygen atoms in total. The Kier molecular flexibility index (Phi) is 1.73. The van der Waals surface area contributed by atoms with E-state index in [0.29, 0.717) is 0 Å². The molecule has 3 N–H and O–H groups in total. The predicted octanol–water partition coefficient (Wildman–Crippen LogP) is 2.10. The summed E-state index contributed by atoms with van der Waals surface area (Å²) in [6.07, 6.45) is 4.07. The SMILES string of the molecule is N.c1ccn2cccc2c1. The topological polar surface area (TPSA) is 39.4 Å². The molecule has 0 aliphatic carbocycles. The molecule has 2 aromatic rings. The quantitative estimate of drug-likeness (QED) is 0.588. The van der Waals surface area contributed by atoms with Gasteiger partial charge in [0.15, 0.2) is 0 Å². The minimum absolute atomic E-state index is 0. The number of hydrogen-bond donors (Lipinski definition) is 1. The molecule has 0 saturated heterocycles. The highest BCUT2D eigenvalue weighted by atomic mass is 14.8. The molecule has 0 aliphatic heterocycles. The summed E-state index contributed by atoms with van der Waals surface area (Å²) in [6.45, 7) is 0. The third-order valence-electron chi connectivity index (χ3n) is 1.44. The van der Waals surface area contributed by atoms with Gasteiger partial charge in [-0.05, 0) is 24.3 Å². The van der Waals surface area contributed by atoms with Gasteiger partial charge in [-0.1, -0.05) is 6.07 Å². The maximum absolute atomic E-state index is 2.08. The normalized spacial score (nSPS) is 9.20. The maximum Gasteiger partial charge on any atom is 0.0449 e. The summed E-state index contributed by atoms with van der Waals surface area (Å²) in [5.74, 6) is 0. The van der Waals surface area contributed by atoms with E-state index in [1.807, 2.05) is 30.6 Å². The Balaban J connectivity index is 0.000000500. The van der Waals surface area contributed by atoms with Crippen LogP contribution in [0.2, 0.25) is 0 Å². The number of hydrogen-bond acceptors (Lipinski definition) is 1. The summed E-state index contributed by atoms with van der Waals surface area (Å²) in [5.41, 5.74) is 1.25. The molecule has 2 heteroatoms. The third-order valence-corrected chi connectivity index (χ3v) is 1.44. The van der Waals surface area contributed by atoms with Crippen LogP contribution in [-0.4, -0.2) is 4.40 Å². The van der Waals surface area contributed by atoms with E-state index < -0.39 is 0 Å². The number of pyridine rings is 1. The summed E-state index contributed by atoms with van der Waals surface area (Å²) < 4.78 is 2.08. The van der Waals surface area contributed by atoms with Crippen LogP contribution in [0.15, 0.2) is 42.7 Å². The van der Waals surface area contributed by atoms with E-state index in [1.165, 1.54) is 5.52 Å². The molecule has 0 amide bonds. The zero-order valence-electron chi connectivity index (χ0n) is 5.70. The van der Waals surface area contributed by atoms with Gasteiger partial charge in [-0.3, -0.25) is 0 Å². The number of nitrogens with zero attached hydrogens (tertiary/aromatic N) is 1. The molecule has 0 fully saturated rings. The lowest BCUT2D eigenvalue weighted by Gasteiger charge is -1.88. The first-order chi connectivity index (χ1) is 4.47. The van der Waals surface area contributed by atoms with Gasteiger partial charge in [-0.25, -0.2) is 0 Å². The molecule has 52 valence electrons. The van der Waals surface area contributed by atoms with E-state index in [2.05, 4.69) is 16.5 Å². The van der Waals surface area contributed by atoms with E-state index in [-0.39, 0.29) is 6.15 Å². The fraction of sp³-hybridized carbons (Fsp3) is 0. The minimum atomic E-state index is 0. The van der Waals surface area contributed by atoms with Crippen molar-refractivity contribution in [2.75, 3.05) is 0 Å². The van der Waals surface area contributed by atoms with E-state index in [4.69, 9.17) is 0 Å². The van der Waals surface area contributed by atoms with Crippen LogP contribution >= 0.6 is 0 Å². The fourth-order valence-corrected chi connectivity index (χ4v) is 0.980.